The molecule has 2 aromatic carbocycles. The number of carbonyl (C=O) groups excluding carboxylic acids is 1. The number of rotatable bonds is 9. The summed E-state index contributed by atoms with van der Waals surface area (Å²) >= 11 is 0. The standard InChI is InChI=1S/C35H31F3N8O2/c36-26-4-1-24(2-5-26)33-32(23-9-13-39-14-10-23)31-8-3-25(18-46(31)43-33)34(47)42-28-11-15-44(16-12-28)19-35(48,20-45-22-40-21-41-45)29-7-6-27(37)17-30(29)38/h1-10,13-14,17-18,21-22,28,48H,11-12,15-16,19-20H2,(H,42,47)/t35-/m1/s1. The highest BCUT2D eigenvalue weighted by atomic mass is 19.1. The molecule has 0 unspecified atom stereocenters. The normalized spacial score (nSPS) is 15.4. The Morgan fingerprint density at radius 3 is 2.35 bits per heavy atom. The molecule has 4 aromatic heterocycles. The zero-order valence-electron chi connectivity index (χ0n) is 25.7. The molecule has 0 spiro atoms. The van der Waals surface area contributed by atoms with Crippen LogP contribution in [0.25, 0.3) is 27.9 Å². The Hall–Kier alpha value is -5.40. The number of amides is 1. The maximum Gasteiger partial charge on any atom is 0.253 e. The number of hydrogen-bond acceptors (Lipinski definition) is 7. The van der Waals surface area contributed by atoms with Gasteiger partial charge in [-0.3, -0.25) is 14.7 Å². The van der Waals surface area contributed by atoms with Crippen LogP contribution in [0.5, 0.6) is 0 Å². The second-order valence-corrected chi connectivity index (χ2v) is 12.0. The lowest BCUT2D eigenvalue weighted by Crippen LogP contribution is -2.50. The molecule has 1 aliphatic rings. The minimum atomic E-state index is -1.71. The van der Waals surface area contributed by atoms with Crippen molar-refractivity contribution in [2.45, 2.75) is 31.0 Å². The van der Waals surface area contributed by atoms with Crippen LogP contribution >= 0.6 is 0 Å². The van der Waals surface area contributed by atoms with Crippen LogP contribution in [0.15, 0.2) is 98.0 Å². The first-order valence-corrected chi connectivity index (χ1v) is 15.5. The Bertz CT molecular complexity index is 2050. The largest absolute Gasteiger partial charge is 0.382 e. The van der Waals surface area contributed by atoms with Gasteiger partial charge in [0.05, 0.1) is 17.6 Å². The Balaban J connectivity index is 1.06. The van der Waals surface area contributed by atoms with Crippen molar-refractivity contribution in [2.24, 2.45) is 0 Å². The molecule has 48 heavy (non-hydrogen) atoms. The third kappa shape index (κ3) is 6.42. The molecule has 0 bridgehead atoms. The van der Waals surface area contributed by atoms with E-state index in [-0.39, 0.29) is 36.4 Å². The third-order valence-electron chi connectivity index (χ3n) is 8.71. The number of aliphatic hydroxyl groups is 1. The van der Waals surface area contributed by atoms with Crippen molar-refractivity contribution in [1.82, 2.24) is 39.6 Å². The molecular formula is C35H31F3N8O2. The van der Waals surface area contributed by atoms with Gasteiger partial charge in [-0.05, 0) is 73.0 Å². The van der Waals surface area contributed by atoms with E-state index in [1.807, 2.05) is 23.1 Å². The number of β-amino-alcohol motifs (C(OH)–C–C–N with tert-alkyl or cyclic N) is 1. The molecule has 244 valence electrons. The summed E-state index contributed by atoms with van der Waals surface area (Å²) in [6, 6.07) is 16.5. The Morgan fingerprint density at radius 2 is 1.65 bits per heavy atom. The number of benzene rings is 2. The summed E-state index contributed by atoms with van der Waals surface area (Å²) in [7, 11) is 0. The van der Waals surface area contributed by atoms with Gasteiger partial charge in [-0.1, -0.05) is 6.07 Å². The van der Waals surface area contributed by atoms with Gasteiger partial charge in [0.2, 0.25) is 0 Å². The highest BCUT2D eigenvalue weighted by molar-refractivity contribution is 5.96. The van der Waals surface area contributed by atoms with Crippen molar-refractivity contribution < 1.29 is 23.1 Å². The summed E-state index contributed by atoms with van der Waals surface area (Å²) in [4.78, 5) is 23.4. The molecule has 1 atom stereocenters. The van der Waals surface area contributed by atoms with Gasteiger partial charge < -0.3 is 10.4 Å². The number of nitrogens with zero attached hydrogens (tertiary/aromatic N) is 7. The summed E-state index contributed by atoms with van der Waals surface area (Å²) in [6.07, 6.45) is 9.02. The first-order chi connectivity index (χ1) is 23.3. The van der Waals surface area contributed by atoms with E-state index in [9.17, 15) is 23.1 Å². The molecule has 1 fully saturated rings. The molecule has 1 amide bonds. The van der Waals surface area contributed by atoms with Crippen molar-refractivity contribution in [1.29, 1.82) is 0 Å². The Labute approximate surface area is 273 Å². The number of nitrogens with one attached hydrogen (secondary N) is 1. The first kappa shape index (κ1) is 31.2. The summed E-state index contributed by atoms with van der Waals surface area (Å²) in [6.45, 7) is 1.06. The summed E-state index contributed by atoms with van der Waals surface area (Å²) in [5, 5.41) is 23.7. The second kappa shape index (κ2) is 13.0. The van der Waals surface area contributed by atoms with E-state index in [1.165, 1.54) is 35.5 Å². The average Bonchev–Trinajstić information content (AvgIpc) is 3.73. The van der Waals surface area contributed by atoms with E-state index in [0.717, 1.165) is 34.3 Å². The van der Waals surface area contributed by atoms with Gasteiger partial charge in [0.25, 0.3) is 5.91 Å². The number of halogens is 3. The van der Waals surface area contributed by atoms with Crippen LogP contribution in [0.2, 0.25) is 0 Å². The van der Waals surface area contributed by atoms with E-state index < -0.39 is 17.2 Å². The molecule has 13 heteroatoms. The lowest BCUT2D eigenvalue weighted by molar-refractivity contribution is -0.0271. The molecule has 5 heterocycles. The van der Waals surface area contributed by atoms with E-state index >= 15 is 0 Å². The number of carbonyl (C=O) groups is 1. The number of piperidine rings is 1. The number of hydrogen-bond donors (Lipinski definition) is 2. The van der Waals surface area contributed by atoms with Gasteiger partial charge in [0, 0.05) is 67.0 Å². The number of fused-ring (bicyclic) bond motifs is 1. The molecule has 6 aromatic rings. The molecular weight excluding hydrogens is 621 g/mol. The van der Waals surface area contributed by atoms with Gasteiger partial charge in [-0.2, -0.15) is 10.2 Å². The van der Waals surface area contributed by atoms with Crippen molar-refractivity contribution in [3.05, 3.63) is 127 Å². The number of aromatic nitrogens is 6. The fraction of sp³-hybridized carbons (Fsp3) is 0.229. The maximum atomic E-state index is 14.9. The summed E-state index contributed by atoms with van der Waals surface area (Å²) in [5.74, 6) is -2.17. The molecule has 0 aliphatic carbocycles. The van der Waals surface area contributed by atoms with Crippen LogP contribution in [0, 0.1) is 17.5 Å². The third-order valence-corrected chi connectivity index (χ3v) is 8.71. The second-order valence-electron chi connectivity index (χ2n) is 12.0. The average molecular weight is 653 g/mol. The molecule has 1 saturated heterocycles. The zero-order valence-corrected chi connectivity index (χ0v) is 25.7. The Kier molecular flexibility index (Phi) is 8.46. The van der Waals surface area contributed by atoms with E-state index in [0.29, 0.717) is 37.2 Å². The fourth-order valence-electron chi connectivity index (χ4n) is 6.34. The van der Waals surface area contributed by atoms with Crippen LogP contribution in [0.3, 0.4) is 0 Å². The SMILES string of the molecule is O=C(NC1CCN(C[C@@](O)(Cn2cncn2)c2ccc(F)cc2F)CC1)c1ccc2c(-c3ccncc3)c(-c3ccc(F)cc3)nn2c1. The van der Waals surface area contributed by atoms with E-state index in [2.05, 4.69) is 20.4 Å². The quantitative estimate of drug-likeness (QED) is 0.230. The maximum absolute atomic E-state index is 14.9. The van der Waals surface area contributed by atoms with E-state index in [1.54, 1.807) is 41.3 Å². The first-order valence-electron chi connectivity index (χ1n) is 15.5. The lowest BCUT2D eigenvalue weighted by atomic mass is 9.91. The zero-order chi connectivity index (χ0) is 33.3. The van der Waals surface area contributed by atoms with Gasteiger partial charge in [0.15, 0.2) is 0 Å². The minimum Gasteiger partial charge on any atom is -0.382 e. The molecule has 2 N–H and O–H groups in total. The topological polar surface area (TPSA) is 113 Å². The van der Waals surface area contributed by atoms with E-state index in [4.69, 9.17) is 5.10 Å². The monoisotopic (exact) mass is 652 g/mol. The number of likely N-dealkylation sites (tertiary alicyclic amines) is 1. The molecule has 1 aliphatic heterocycles. The van der Waals surface area contributed by atoms with Crippen molar-refractivity contribution >= 4 is 11.4 Å². The predicted molar refractivity (Wildman–Crippen MR) is 171 cm³/mol. The van der Waals surface area contributed by atoms with Crippen molar-refractivity contribution in [2.75, 3.05) is 19.6 Å². The van der Waals surface area contributed by atoms with Crippen LogP contribution in [0.4, 0.5) is 13.2 Å². The van der Waals surface area contributed by atoms with Crippen molar-refractivity contribution in [3.8, 4) is 22.4 Å². The summed E-state index contributed by atoms with van der Waals surface area (Å²) < 4.78 is 45.3. The summed E-state index contributed by atoms with van der Waals surface area (Å²) in [5.41, 5.74) is 2.58. The highest BCUT2D eigenvalue weighted by Gasteiger charge is 2.37. The van der Waals surface area contributed by atoms with Gasteiger partial charge >= 0.3 is 0 Å². The molecule has 10 nitrogen and oxygen atoms in total. The molecule has 0 radical (unpaired) electrons. The smallest absolute Gasteiger partial charge is 0.253 e. The van der Waals surface area contributed by atoms with Gasteiger partial charge in [0.1, 0.15) is 41.4 Å². The predicted octanol–water partition coefficient (Wildman–Crippen LogP) is 4.85. The van der Waals surface area contributed by atoms with Gasteiger partial charge in [-0.15, -0.1) is 0 Å². The van der Waals surface area contributed by atoms with Crippen LogP contribution in [-0.2, 0) is 12.1 Å². The number of pyridine rings is 2. The fourth-order valence-corrected chi connectivity index (χ4v) is 6.34. The van der Waals surface area contributed by atoms with Crippen LogP contribution in [0.1, 0.15) is 28.8 Å². The van der Waals surface area contributed by atoms with Crippen LogP contribution in [-0.4, -0.2) is 71.0 Å². The Morgan fingerprint density at radius 1 is 0.896 bits per heavy atom. The lowest BCUT2D eigenvalue weighted by Gasteiger charge is -2.38. The highest BCUT2D eigenvalue weighted by Crippen LogP contribution is 2.35. The minimum absolute atomic E-state index is 0.0292. The van der Waals surface area contributed by atoms with Gasteiger partial charge in [-0.25, -0.2) is 27.4 Å². The molecule has 7 rings (SSSR count). The van der Waals surface area contributed by atoms with Crippen molar-refractivity contribution in [3.63, 3.8) is 0 Å². The molecule has 0 saturated carbocycles. The van der Waals surface area contributed by atoms with Crippen LogP contribution < -0.4 is 5.32 Å².